The van der Waals surface area contributed by atoms with Gasteiger partial charge in [-0.2, -0.15) is 0 Å². The van der Waals surface area contributed by atoms with E-state index in [1.165, 1.54) is 7.11 Å². The highest BCUT2D eigenvalue weighted by molar-refractivity contribution is 5.81. The topological polar surface area (TPSA) is 58.8 Å². The first-order valence-corrected chi connectivity index (χ1v) is 7.77. The number of methoxy groups -OCH3 is 1. The van der Waals surface area contributed by atoms with Crippen molar-refractivity contribution in [3.8, 4) is 0 Å². The van der Waals surface area contributed by atoms with Crippen molar-refractivity contribution in [3.05, 3.63) is 0 Å². The fraction of sp³-hybridized carbons (Fsp3) is 0.933. The number of hydrogen-bond acceptors (Lipinski definition) is 5. The summed E-state index contributed by atoms with van der Waals surface area (Å²) in [6, 6.07) is 0.607. The van der Waals surface area contributed by atoms with Crippen molar-refractivity contribution in [1.29, 1.82) is 0 Å². The molecular weight excluding hydrogens is 254 g/mol. The van der Waals surface area contributed by atoms with Crippen LogP contribution < -0.4 is 5.73 Å². The molecule has 20 heavy (non-hydrogen) atoms. The van der Waals surface area contributed by atoms with Gasteiger partial charge in [-0.25, -0.2) is 0 Å². The van der Waals surface area contributed by atoms with Gasteiger partial charge in [0.15, 0.2) is 0 Å². The zero-order valence-electron chi connectivity index (χ0n) is 13.1. The number of hydrogen-bond donors (Lipinski definition) is 1. The Morgan fingerprint density at radius 2 is 2.20 bits per heavy atom. The Hall–Kier alpha value is -0.650. The van der Waals surface area contributed by atoms with Crippen LogP contribution in [0.5, 0.6) is 0 Å². The van der Waals surface area contributed by atoms with Crippen molar-refractivity contribution in [3.63, 3.8) is 0 Å². The maximum absolute atomic E-state index is 11.9. The summed E-state index contributed by atoms with van der Waals surface area (Å²) in [6.45, 7) is 6.65. The smallest absolute Gasteiger partial charge is 0.326 e. The molecule has 0 bridgehead atoms. The van der Waals surface area contributed by atoms with Crippen LogP contribution in [0.1, 0.15) is 32.6 Å². The zero-order chi connectivity index (χ0) is 14.8. The van der Waals surface area contributed by atoms with Crippen LogP contribution in [0.3, 0.4) is 0 Å². The molecule has 2 aliphatic rings. The van der Waals surface area contributed by atoms with Crippen LogP contribution in [0.2, 0.25) is 0 Å². The first-order chi connectivity index (χ1) is 9.47. The number of nitrogens with two attached hydrogens (primary N) is 1. The number of carbonyl (C=O) groups excluding carboxylic acids is 1. The summed E-state index contributed by atoms with van der Waals surface area (Å²) >= 11 is 0. The van der Waals surface area contributed by atoms with Crippen LogP contribution in [-0.4, -0.2) is 67.7 Å². The van der Waals surface area contributed by atoms with Crippen molar-refractivity contribution in [2.75, 3.05) is 40.3 Å². The molecule has 1 aliphatic heterocycles. The normalized spacial score (nSPS) is 36.2. The van der Waals surface area contributed by atoms with Crippen LogP contribution in [-0.2, 0) is 9.53 Å². The second-order valence-electron chi connectivity index (χ2n) is 6.54. The molecule has 2 N–H and O–H groups in total. The summed E-state index contributed by atoms with van der Waals surface area (Å²) in [4.78, 5) is 16.8. The number of ether oxygens (including phenoxy) is 1. The molecule has 0 aromatic carbocycles. The average molecular weight is 283 g/mol. The fourth-order valence-electron chi connectivity index (χ4n) is 3.63. The van der Waals surface area contributed by atoms with Gasteiger partial charge in [0, 0.05) is 25.7 Å². The van der Waals surface area contributed by atoms with Gasteiger partial charge in [-0.05, 0) is 45.7 Å². The third kappa shape index (κ3) is 3.15. The molecule has 1 saturated heterocycles. The Bertz CT molecular complexity index is 350. The van der Waals surface area contributed by atoms with Crippen LogP contribution in [0.15, 0.2) is 0 Å². The number of esters is 1. The lowest BCUT2D eigenvalue weighted by Gasteiger charge is -2.38. The van der Waals surface area contributed by atoms with Crippen molar-refractivity contribution in [2.45, 2.75) is 44.2 Å². The lowest BCUT2D eigenvalue weighted by atomic mass is 9.85. The standard InChI is InChI=1S/C15H29N3O2/c1-12-11-18(10-9-17(12)2)8-6-13-5-4-7-15(13,16)14(19)20-3/h12-13H,4-11,16H2,1-3H3. The highest BCUT2D eigenvalue weighted by Crippen LogP contribution is 2.37. The summed E-state index contributed by atoms with van der Waals surface area (Å²) in [7, 11) is 3.62. The second-order valence-corrected chi connectivity index (χ2v) is 6.54. The Kier molecular flexibility index (Phi) is 5.04. The Balaban J connectivity index is 1.86. The van der Waals surface area contributed by atoms with E-state index in [4.69, 9.17) is 10.5 Å². The van der Waals surface area contributed by atoms with Gasteiger partial charge in [-0.15, -0.1) is 0 Å². The predicted molar refractivity (Wildman–Crippen MR) is 79.4 cm³/mol. The summed E-state index contributed by atoms with van der Waals surface area (Å²) in [5.41, 5.74) is 5.58. The minimum absolute atomic E-state index is 0.230. The monoisotopic (exact) mass is 283 g/mol. The Labute approximate surface area is 122 Å². The predicted octanol–water partition coefficient (Wildman–Crippen LogP) is 0.683. The average Bonchev–Trinajstić information content (AvgIpc) is 2.82. The number of rotatable bonds is 4. The van der Waals surface area contributed by atoms with Gasteiger partial charge in [0.1, 0.15) is 5.54 Å². The van der Waals surface area contributed by atoms with Crippen molar-refractivity contribution in [2.24, 2.45) is 11.7 Å². The number of carbonyl (C=O) groups is 1. The molecule has 1 aliphatic carbocycles. The van der Waals surface area contributed by atoms with E-state index >= 15 is 0 Å². The molecule has 0 radical (unpaired) electrons. The van der Waals surface area contributed by atoms with Crippen LogP contribution >= 0.6 is 0 Å². The van der Waals surface area contributed by atoms with Gasteiger partial charge in [-0.1, -0.05) is 6.42 Å². The molecule has 2 fully saturated rings. The van der Waals surface area contributed by atoms with Gasteiger partial charge in [0.25, 0.3) is 0 Å². The van der Waals surface area contributed by atoms with E-state index in [9.17, 15) is 4.79 Å². The summed E-state index contributed by atoms with van der Waals surface area (Å²) in [6.07, 6.45) is 3.86. The zero-order valence-corrected chi connectivity index (χ0v) is 13.1. The van der Waals surface area contributed by atoms with E-state index < -0.39 is 5.54 Å². The molecule has 0 aromatic heterocycles. The van der Waals surface area contributed by atoms with E-state index in [1.807, 2.05) is 0 Å². The first kappa shape index (κ1) is 15.7. The Morgan fingerprint density at radius 1 is 1.45 bits per heavy atom. The van der Waals surface area contributed by atoms with E-state index in [0.29, 0.717) is 6.04 Å². The maximum atomic E-state index is 11.9. The number of nitrogens with zero attached hydrogens (tertiary/aromatic N) is 2. The molecule has 116 valence electrons. The van der Waals surface area contributed by atoms with Crippen LogP contribution in [0.4, 0.5) is 0 Å². The third-order valence-corrected chi connectivity index (χ3v) is 5.27. The Morgan fingerprint density at radius 3 is 2.85 bits per heavy atom. The minimum Gasteiger partial charge on any atom is -0.468 e. The van der Waals surface area contributed by atoms with Gasteiger partial charge >= 0.3 is 5.97 Å². The third-order valence-electron chi connectivity index (χ3n) is 5.27. The van der Waals surface area contributed by atoms with Gasteiger partial charge in [0.2, 0.25) is 0 Å². The van der Waals surface area contributed by atoms with E-state index in [2.05, 4.69) is 23.8 Å². The molecule has 5 nitrogen and oxygen atoms in total. The highest BCUT2D eigenvalue weighted by Gasteiger charge is 2.46. The van der Waals surface area contributed by atoms with E-state index in [-0.39, 0.29) is 11.9 Å². The molecular formula is C15H29N3O2. The van der Waals surface area contributed by atoms with E-state index in [0.717, 1.165) is 51.9 Å². The van der Waals surface area contributed by atoms with E-state index in [1.54, 1.807) is 0 Å². The fourth-order valence-corrected chi connectivity index (χ4v) is 3.63. The number of likely N-dealkylation sites (N-methyl/N-ethyl adjacent to an activating group) is 1. The van der Waals surface area contributed by atoms with Gasteiger partial charge in [-0.3, -0.25) is 4.79 Å². The second kappa shape index (κ2) is 6.41. The van der Waals surface area contributed by atoms with Gasteiger partial charge in [0.05, 0.1) is 7.11 Å². The highest BCUT2D eigenvalue weighted by atomic mass is 16.5. The maximum Gasteiger partial charge on any atom is 0.326 e. The van der Waals surface area contributed by atoms with Crippen molar-refractivity contribution >= 4 is 5.97 Å². The van der Waals surface area contributed by atoms with Crippen LogP contribution in [0, 0.1) is 5.92 Å². The minimum atomic E-state index is -0.743. The van der Waals surface area contributed by atoms with Crippen molar-refractivity contribution < 1.29 is 9.53 Å². The van der Waals surface area contributed by atoms with Crippen LogP contribution in [0.25, 0.3) is 0 Å². The SMILES string of the molecule is COC(=O)C1(N)CCCC1CCN1CCN(C)C(C)C1. The molecule has 2 rings (SSSR count). The molecule has 0 amide bonds. The summed E-state index contributed by atoms with van der Waals surface area (Å²) in [5, 5.41) is 0. The summed E-state index contributed by atoms with van der Waals surface area (Å²) < 4.78 is 4.91. The molecule has 3 unspecified atom stereocenters. The molecule has 0 aromatic rings. The van der Waals surface area contributed by atoms with Gasteiger partial charge < -0.3 is 20.3 Å². The first-order valence-electron chi connectivity index (χ1n) is 7.77. The number of piperazine rings is 1. The molecule has 5 heteroatoms. The lowest BCUT2D eigenvalue weighted by molar-refractivity contribution is -0.148. The quantitative estimate of drug-likeness (QED) is 0.769. The molecule has 1 saturated carbocycles. The molecule has 0 spiro atoms. The molecule has 1 heterocycles. The largest absolute Gasteiger partial charge is 0.468 e. The molecule has 3 atom stereocenters. The lowest BCUT2D eigenvalue weighted by Crippen LogP contribution is -2.53. The van der Waals surface area contributed by atoms with Crippen molar-refractivity contribution in [1.82, 2.24) is 9.80 Å². The summed E-state index contributed by atoms with van der Waals surface area (Å²) in [5.74, 6) is 0.0386.